The lowest BCUT2D eigenvalue weighted by Gasteiger charge is -2.19. The minimum atomic E-state index is -0.356. The third-order valence-electron chi connectivity index (χ3n) is 5.59. The Hall–Kier alpha value is -3.68. The van der Waals surface area contributed by atoms with Gasteiger partial charge in [-0.1, -0.05) is 37.3 Å². The zero-order valence-corrected chi connectivity index (χ0v) is 17.3. The zero-order valence-electron chi connectivity index (χ0n) is 17.3. The first-order chi connectivity index (χ1) is 15.1. The monoisotopic (exact) mass is 416 g/mol. The molecule has 2 fully saturated rings. The van der Waals surface area contributed by atoms with Gasteiger partial charge in [0, 0.05) is 23.2 Å². The van der Waals surface area contributed by atoms with Crippen molar-refractivity contribution in [3.8, 4) is 0 Å². The van der Waals surface area contributed by atoms with E-state index >= 15 is 0 Å². The Morgan fingerprint density at radius 2 is 2.06 bits per heavy atom. The minimum absolute atomic E-state index is 0.0766. The number of anilines is 2. The SMILES string of the molecule is CCC(Nc1cc(NC2CC2)n2ncc(C=C3CC(=O)NC3=O)c2n1)c1ccccc1. The van der Waals surface area contributed by atoms with E-state index in [-0.39, 0.29) is 24.3 Å². The number of nitrogens with zero attached hydrogens (tertiary/aromatic N) is 3. The number of imide groups is 1. The van der Waals surface area contributed by atoms with E-state index in [2.05, 4.69) is 40.1 Å². The van der Waals surface area contributed by atoms with Crippen molar-refractivity contribution in [3.63, 3.8) is 0 Å². The summed E-state index contributed by atoms with van der Waals surface area (Å²) in [6.45, 7) is 2.14. The van der Waals surface area contributed by atoms with Gasteiger partial charge in [0.15, 0.2) is 5.65 Å². The maximum atomic E-state index is 12.0. The lowest BCUT2D eigenvalue weighted by Crippen LogP contribution is -2.19. The van der Waals surface area contributed by atoms with Gasteiger partial charge in [-0.2, -0.15) is 9.61 Å². The van der Waals surface area contributed by atoms with Crippen molar-refractivity contribution in [2.24, 2.45) is 0 Å². The Kier molecular flexibility index (Phi) is 4.89. The van der Waals surface area contributed by atoms with Gasteiger partial charge in [-0.15, -0.1) is 0 Å². The molecule has 3 aromatic rings. The van der Waals surface area contributed by atoms with E-state index in [0.717, 1.165) is 30.9 Å². The number of rotatable bonds is 7. The number of hydrogen-bond donors (Lipinski definition) is 3. The quantitative estimate of drug-likeness (QED) is 0.404. The fourth-order valence-electron chi connectivity index (χ4n) is 3.79. The molecule has 1 saturated carbocycles. The topological polar surface area (TPSA) is 100 Å². The molecule has 0 radical (unpaired) electrons. The van der Waals surface area contributed by atoms with Crippen LogP contribution in [0.5, 0.6) is 0 Å². The summed E-state index contributed by atoms with van der Waals surface area (Å²) in [6, 6.07) is 12.8. The van der Waals surface area contributed by atoms with Gasteiger partial charge in [-0.05, 0) is 30.9 Å². The predicted octanol–water partition coefficient (Wildman–Crippen LogP) is 3.30. The van der Waals surface area contributed by atoms with Crippen LogP contribution in [0.2, 0.25) is 0 Å². The number of aromatic nitrogens is 3. The van der Waals surface area contributed by atoms with Crippen LogP contribution in [-0.4, -0.2) is 32.5 Å². The van der Waals surface area contributed by atoms with Crippen molar-refractivity contribution < 1.29 is 9.59 Å². The molecule has 1 aliphatic heterocycles. The van der Waals surface area contributed by atoms with Crippen LogP contribution in [0.1, 0.15) is 49.8 Å². The minimum Gasteiger partial charge on any atom is -0.367 e. The molecule has 31 heavy (non-hydrogen) atoms. The largest absolute Gasteiger partial charge is 0.367 e. The van der Waals surface area contributed by atoms with E-state index in [1.54, 1.807) is 16.8 Å². The van der Waals surface area contributed by atoms with Crippen LogP contribution in [0.3, 0.4) is 0 Å². The molecule has 2 aliphatic rings. The van der Waals surface area contributed by atoms with Crippen LogP contribution >= 0.6 is 0 Å². The van der Waals surface area contributed by atoms with E-state index in [1.165, 1.54) is 5.56 Å². The molecule has 3 heterocycles. The fourth-order valence-corrected chi connectivity index (χ4v) is 3.79. The molecular weight excluding hydrogens is 392 g/mol. The Morgan fingerprint density at radius 3 is 2.74 bits per heavy atom. The second kappa shape index (κ2) is 7.86. The first-order valence-electron chi connectivity index (χ1n) is 10.6. The second-order valence-corrected chi connectivity index (χ2v) is 8.02. The third kappa shape index (κ3) is 4.01. The van der Waals surface area contributed by atoms with Crippen LogP contribution in [0.25, 0.3) is 11.7 Å². The fraction of sp³-hybridized carbons (Fsp3) is 0.304. The Bertz CT molecular complexity index is 1180. The number of fused-ring (bicyclic) bond motifs is 1. The normalized spacial score (nSPS) is 18.4. The summed E-state index contributed by atoms with van der Waals surface area (Å²) in [7, 11) is 0. The van der Waals surface area contributed by atoms with Crippen molar-refractivity contribution in [2.45, 2.75) is 44.7 Å². The highest BCUT2D eigenvalue weighted by Crippen LogP contribution is 2.29. The third-order valence-corrected chi connectivity index (χ3v) is 5.59. The standard InChI is InChI=1S/C23H24N6O2/c1-2-18(14-6-4-3-5-7-14)26-19-12-20(25-17-8-9-17)29-22(27-19)16(13-24-29)10-15-11-21(30)28-23(15)31/h3-7,10,12-13,17-18,25H,2,8-9,11H2,1H3,(H,26,27)(H,28,30,31). The molecule has 8 heteroatoms. The maximum absolute atomic E-state index is 12.0. The van der Waals surface area contributed by atoms with Gasteiger partial charge in [-0.3, -0.25) is 14.9 Å². The summed E-state index contributed by atoms with van der Waals surface area (Å²) in [5, 5.41) is 13.9. The summed E-state index contributed by atoms with van der Waals surface area (Å²) >= 11 is 0. The number of carbonyl (C=O) groups excluding carboxylic acids is 2. The molecule has 1 aromatic carbocycles. The number of amides is 2. The molecule has 2 aromatic heterocycles. The van der Waals surface area contributed by atoms with Crippen LogP contribution in [-0.2, 0) is 9.59 Å². The summed E-state index contributed by atoms with van der Waals surface area (Å²) in [4.78, 5) is 28.4. The first kappa shape index (κ1) is 19.3. The van der Waals surface area contributed by atoms with Gasteiger partial charge in [-0.25, -0.2) is 4.98 Å². The molecule has 1 saturated heterocycles. The maximum Gasteiger partial charge on any atom is 0.254 e. The number of benzene rings is 1. The van der Waals surface area contributed by atoms with E-state index in [9.17, 15) is 9.59 Å². The van der Waals surface area contributed by atoms with E-state index in [4.69, 9.17) is 4.98 Å². The Labute approximate surface area is 179 Å². The smallest absolute Gasteiger partial charge is 0.254 e. The van der Waals surface area contributed by atoms with E-state index in [0.29, 0.717) is 22.8 Å². The van der Waals surface area contributed by atoms with Gasteiger partial charge >= 0.3 is 0 Å². The van der Waals surface area contributed by atoms with Crippen molar-refractivity contribution in [1.82, 2.24) is 19.9 Å². The number of hydrogen-bond acceptors (Lipinski definition) is 6. The average molecular weight is 416 g/mol. The Morgan fingerprint density at radius 1 is 1.26 bits per heavy atom. The lowest BCUT2D eigenvalue weighted by atomic mass is 10.0. The predicted molar refractivity (Wildman–Crippen MR) is 118 cm³/mol. The van der Waals surface area contributed by atoms with E-state index < -0.39 is 0 Å². The molecule has 3 N–H and O–H groups in total. The van der Waals surface area contributed by atoms with Crippen molar-refractivity contribution in [2.75, 3.05) is 10.6 Å². The summed E-state index contributed by atoms with van der Waals surface area (Å²) in [5.41, 5.74) is 2.96. The summed E-state index contributed by atoms with van der Waals surface area (Å²) in [5.74, 6) is 0.950. The van der Waals surface area contributed by atoms with Crippen LogP contribution < -0.4 is 16.0 Å². The summed E-state index contributed by atoms with van der Waals surface area (Å²) < 4.78 is 1.76. The number of nitrogens with one attached hydrogen (secondary N) is 3. The molecule has 0 spiro atoms. The van der Waals surface area contributed by atoms with Gasteiger partial charge in [0.05, 0.1) is 18.7 Å². The van der Waals surface area contributed by atoms with Crippen LogP contribution in [0, 0.1) is 0 Å². The average Bonchev–Trinajstić information content (AvgIpc) is 3.41. The van der Waals surface area contributed by atoms with E-state index in [1.807, 2.05) is 24.3 Å². The molecule has 2 amide bonds. The highest BCUT2D eigenvalue weighted by Gasteiger charge is 2.26. The molecule has 158 valence electrons. The lowest BCUT2D eigenvalue weighted by molar-refractivity contribution is -0.124. The molecule has 8 nitrogen and oxygen atoms in total. The molecule has 1 aliphatic carbocycles. The van der Waals surface area contributed by atoms with Crippen molar-refractivity contribution in [3.05, 3.63) is 59.3 Å². The number of carbonyl (C=O) groups is 2. The second-order valence-electron chi connectivity index (χ2n) is 8.02. The molecule has 1 atom stereocenters. The Balaban J connectivity index is 1.54. The van der Waals surface area contributed by atoms with Crippen molar-refractivity contribution in [1.29, 1.82) is 0 Å². The van der Waals surface area contributed by atoms with Gasteiger partial charge in [0.25, 0.3) is 5.91 Å². The summed E-state index contributed by atoms with van der Waals surface area (Å²) in [6.07, 6.45) is 6.63. The molecule has 1 unspecified atom stereocenters. The molecular formula is C23H24N6O2. The van der Waals surface area contributed by atoms with Crippen LogP contribution in [0.15, 0.2) is 48.2 Å². The van der Waals surface area contributed by atoms with Crippen LogP contribution in [0.4, 0.5) is 11.6 Å². The highest BCUT2D eigenvalue weighted by atomic mass is 16.2. The van der Waals surface area contributed by atoms with Gasteiger partial charge in [0.2, 0.25) is 5.91 Å². The zero-order chi connectivity index (χ0) is 21.4. The van der Waals surface area contributed by atoms with Crippen molar-refractivity contribution >= 4 is 35.2 Å². The first-order valence-corrected chi connectivity index (χ1v) is 10.6. The van der Waals surface area contributed by atoms with Gasteiger partial charge < -0.3 is 10.6 Å². The van der Waals surface area contributed by atoms with Gasteiger partial charge in [0.1, 0.15) is 11.6 Å². The highest BCUT2D eigenvalue weighted by molar-refractivity contribution is 6.15. The molecule has 5 rings (SSSR count). The molecule has 0 bridgehead atoms.